The fraction of sp³-hybridized carbons (Fsp3) is 0.143. The van der Waals surface area contributed by atoms with E-state index in [1.165, 1.54) is 0 Å². The number of rotatable bonds is 2. The van der Waals surface area contributed by atoms with Crippen LogP contribution in [0.2, 0.25) is 0 Å². The van der Waals surface area contributed by atoms with E-state index < -0.39 is 30.6 Å². The van der Waals surface area contributed by atoms with Gasteiger partial charge in [0.15, 0.2) is 0 Å². The molecule has 1 aromatic rings. The van der Waals surface area contributed by atoms with E-state index in [4.69, 9.17) is 15.2 Å². The normalized spacial score (nSPS) is 11.3. The Morgan fingerprint density at radius 1 is 1.20 bits per heavy atom. The lowest BCUT2D eigenvalue weighted by Crippen LogP contribution is -2.22. The lowest BCUT2D eigenvalue weighted by Gasteiger charge is -2.13. The van der Waals surface area contributed by atoms with Gasteiger partial charge in [-0.15, -0.1) is 0 Å². The molecule has 8 heteroatoms. The molecule has 0 atom stereocenters. The Balaban J connectivity index is 3.15. The van der Waals surface area contributed by atoms with E-state index in [-0.39, 0.29) is 0 Å². The number of halogens is 3. The van der Waals surface area contributed by atoms with Crippen molar-refractivity contribution in [2.45, 2.75) is 6.18 Å². The van der Waals surface area contributed by atoms with Crippen LogP contribution < -0.4 is 4.65 Å². The van der Waals surface area contributed by atoms with Crippen LogP contribution in [0.1, 0.15) is 5.56 Å². The van der Waals surface area contributed by atoms with E-state index >= 15 is 0 Å². The number of benzene rings is 1. The maximum Gasteiger partial charge on any atom is 0.707 e. The first kappa shape index (κ1) is 11.7. The zero-order valence-electron chi connectivity index (χ0n) is 7.19. The van der Waals surface area contributed by atoms with E-state index in [2.05, 4.69) is 4.65 Å². The summed E-state index contributed by atoms with van der Waals surface area (Å²) in [5, 5.41) is 25.6. The van der Waals surface area contributed by atoms with Gasteiger partial charge in [0.25, 0.3) is 0 Å². The molecule has 0 aliphatic carbocycles. The first-order chi connectivity index (χ1) is 6.80. The van der Waals surface area contributed by atoms with Crippen molar-refractivity contribution in [2.24, 2.45) is 0 Å². The monoisotopic (exact) mass is 222 g/mol. The predicted molar refractivity (Wildman–Crippen MR) is 43.9 cm³/mol. The maximum absolute atomic E-state index is 12.3. The van der Waals surface area contributed by atoms with Gasteiger partial charge in [0, 0.05) is 0 Å². The van der Waals surface area contributed by atoms with Gasteiger partial charge in [-0.25, -0.2) is 0 Å². The lowest BCUT2D eigenvalue weighted by molar-refractivity contribution is -0.138. The van der Waals surface area contributed by atoms with Crippen LogP contribution in [0, 0.1) is 0 Å². The number of aromatic hydroxyl groups is 1. The second-order valence-corrected chi connectivity index (χ2v) is 2.62. The summed E-state index contributed by atoms with van der Waals surface area (Å²) in [6.07, 6.45) is -4.75. The van der Waals surface area contributed by atoms with Crippen molar-refractivity contribution >= 4 is 7.32 Å². The molecule has 82 valence electrons. The smallest absolute Gasteiger partial charge is 0.511 e. The van der Waals surface area contributed by atoms with Gasteiger partial charge in [-0.05, 0) is 18.2 Å². The molecule has 1 aromatic carbocycles. The Bertz CT molecular complexity index is 353. The van der Waals surface area contributed by atoms with Gasteiger partial charge in [0.1, 0.15) is 11.5 Å². The molecular formula is C7H6BF3O4. The second kappa shape index (κ2) is 3.99. The third kappa shape index (κ3) is 3.03. The number of phenols is 1. The molecule has 0 unspecified atom stereocenters. The van der Waals surface area contributed by atoms with Gasteiger partial charge in [0.05, 0.1) is 5.56 Å². The van der Waals surface area contributed by atoms with Crippen LogP contribution in [0.15, 0.2) is 18.2 Å². The van der Waals surface area contributed by atoms with E-state index in [0.717, 1.165) is 12.1 Å². The van der Waals surface area contributed by atoms with E-state index in [9.17, 15) is 13.2 Å². The quantitative estimate of drug-likeness (QED) is 0.646. The largest absolute Gasteiger partial charge is 0.707 e. The van der Waals surface area contributed by atoms with Crippen molar-refractivity contribution in [3.05, 3.63) is 23.8 Å². The highest BCUT2D eigenvalue weighted by atomic mass is 19.4. The summed E-state index contributed by atoms with van der Waals surface area (Å²) in [4.78, 5) is 0. The maximum atomic E-state index is 12.3. The van der Waals surface area contributed by atoms with Crippen LogP contribution in [0.3, 0.4) is 0 Å². The third-order valence-electron chi connectivity index (χ3n) is 1.50. The van der Waals surface area contributed by atoms with E-state index in [1.54, 1.807) is 0 Å². The molecule has 0 aromatic heterocycles. The third-order valence-corrected chi connectivity index (χ3v) is 1.50. The van der Waals surface area contributed by atoms with Crippen molar-refractivity contribution in [3.8, 4) is 11.5 Å². The summed E-state index contributed by atoms with van der Waals surface area (Å²) in [6.45, 7) is 0. The van der Waals surface area contributed by atoms with Crippen LogP contribution >= 0.6 is 0 Å². The van der Waals surface area contributed by atoms with Gasteiger partial charge in [-0.3, -0.25) is 0 Å². The Morgan fingerprint density at radius 2 is 1.80 bits per heavy atom. The molecule has 0 aliphatic heterocycles. The highest BCUT2D eigenvalue weighted by Crippen LogP contribution is 2.38. The van der Waals surface area contributed by atoms with Crippen LogP contribution in [-0.4, -0.2) is 22.5 Å². The van der Waals surface area contributed by atoms with Gasteiger partial charge >= 0.3 is 13.5 Å². The first-order valence-corrected chi connectivity index (χ1v) is 3.73. The Hall–Kier alpha value is -1.41. The molecule has 15 heavy (non-hydrogen) atoms. The van der Waals surface area contributed by atoms with Crippen molar-refractivity contribution in [1.29, 1.82) is 0 Å². The summed E-state index contributed by atoms with van der Waals surface area (Å²) < 4.78 is 41.1. The molecule has 0 radical (unpaired) electrons. The van der Waals surface area contributed by atoms with Crippen LogP contribution in [0.25, 0.3) is 0 Å². The zero-order valence-corrected chi connectivity index (χ0v) is 7.19. The summed E-state index contributed by atoms with van der Waals surface area (Å²) >= 11 is 0. The van der Waals surface area contributed by atoms with E-state index in [0.29, 0.717) is 6.07 Å². The van der Waals surface area contributed by atoms with E-state index in [1.807, 2.05) is 0 Å². The summed E-state index contributed by atoms with van der Waals surface area (Å²) in [6, 6.07) is 2.16. The molecule has 0 aliphatic rings. The van der Waals surface area contributed by atoms with Crippen LogP contribution in [0.5, 0.6) is 11.5 Å². The first-order valence-electron chi connectivity index (χ1n) is 3.73. The van der Waals surface area contributed by atoms with Crippen molar-refractivity contribution in [2.75, 3.05) is 0 Å². The number of alkyl halides is 3. The molecule has 4 nitrogen and oxygen atoms in total. The van der Waals surface area contributed by atoms with Crippen LogP contribution in [0.4, 0.5) is 13.2 Å². The fourth-order valence-electron chi connectivity index (χ4n) is 0.956. The van der Waals surface area contributed by atoms with Gasteiger partial charge < -0.3 is 19.8 Å². The fourth-order valence-corrected chi connectivity index (χ4v) is 0.956. The minimum absolute atomic E-state index is 0.428. The summed E-state index contributed by atoms with van der Waals surface area (Å²) in [5.74, 6) is -1.36. The SMILES string of the molecule is OB(O)Oc1ccc(O)cc1C(F)(F)F. The van der Waals surface area contributed by atoms with Crippen LogP contribution in [-0.2, 0) is 6.18 Å². The zero-order chi connectivity index (χ0) is 11.6. The number of hydrogen-bond acceptors (Lipinski definition) is 4. The highest BCUT2D eigenvalue weighted by molar-refractivity contribution is 6.33. The number of phenolic OH excluding ortho intramolecular Hbond substituents is 1. The minimum atomic E-state index is -4.75. The topological polar surface area (TPSA) is 69.9 Å². The minimum Gasteiger partial charge on any atom is -0.511 e. The van der Waals surface area contributed by atoms with Gasteiger partial charge in [-0.1, -0.05) is 0 Å². The molecule has 3 N–H and O–H groups in total. The predicted octanol–water partition coefficient (Wildman–Crippen LogP) is 0.759. The summed E-state index contributed by atoms with van der Waals surface area (Å²) in [7, 11) is -2.35. The molecule has 0 saturated carbocycles. The molecule has 0 fully saturated rings. The van der Waals surface area contributed by atoms with Crippen molar-refractivity contribution in [1.82, 2.24) is 0 Å². The molecule has 1 rings (SSSR count). The second-order valence-electron chi connectivity index (χ2n) is 2.62. The summed E-state index contributed by atoms with van der Waals surface area (Å²) in [5.41, 5.74) is -1.28. The van der Waals surface area contributed by atoms with Crippen molar-refractivity contribution < 1.29 is 33.0 Å². The lowest BCUT2D eigenvalue weighted by atomic mass is 10.1. The Labute approximate surface area is 82.7 Å². The highest BCUT2D eigenvalue weighted by Gasteiger charge is 2.35. The molecular weight excluding hydrogens is 216 g/mol. The molecule has 0 heterocycles. The average Bonchev–Trinajstić information content (AvgIpc) is 2.05. The Morgan fingerprint density at radius 3 is 2.27 bits per heavy atom. The number of hydrogen-bond donors (Lipinski definition) is 3. The average molecular weight is 222 g/mol. The van der Waals surface area contributed by atoms with Gasteiger partial charge in [-0.2, -0.15) is 13.2 Å². The van der Waals surface area contributed by atoms with Crippen molar-refractivity contribution in [3.63, 3.8) is 0 Å². The Kier molecular flexibility index (Phi) is 3.11. The standard InChI is InChI=1S/C7H6BF3O4/c9-7(10,11)5-3-4(12)1-2-6(5)15-8(13)14/h1-3,12-14H. The molecule has 0 amide bonds. The van der Waals surface area contributed by atoms with Gasteiger partial charge in [0.2, 0.25) is 0 Å². The molecule has 0 saturated heterocycles. The molecule has 0 spiro atoms. The molecule has 0 bridgehead atoms.